The second-order valence-electron chi connectivity index (χ2n) is 10.1. The molecule has 0 saturated carbocycles. The smallest absolute Gasteiger partial charge is 0.270 e. The Labute approximate surface area is 237 Å². The van der Waals surface area contributed by atoms with E-state index in [1.54, 1.807) is 21.3 Å². The van der Waals surface area contributed by atoms with Gasteiger partial charge in [0.1, 0.15) is 12.4 Å². The average molecular weight is 554 g/mol. The third kappa shape index (κ3) is 4.84. The molecule has 0 bridgehead atoms. The van der Waals surface area contributed by atoms with Crippen molar-refractivity contribution in [3.8, 4) is 23.0 Å². The van der Waals surface area contributed by atoms with Crippen molar-refractivity contribution in [3.05, 3.63) is 111 Å². The fraction of sp³-hybridized carbons (Fsp3) is 0.250. The Morgan fingerprint density at radius 1 is 0.756 bits per heavy atom. The molecule has 3 aromatic carbocycles. The molecule has 0 unspecified atom stereocenters. The number of rotatable bonds is 8. The molecule has 3 N–H and O–H groups in total. The number of nitrogens with one attached hydrogen (secondary N) is 3. The number of carbonyl (C=O) groups is 1. The predicted molar refractivity (Wildman–Crippen MR) is 154 cm³/mol. The van der Waals surface area contributed by atoms with Gasteiger partial charge >= 0.3 is 0 Å². The van der Waals surface area contributed by atoms with Gasteiger partial charge in [-0.25, -0.2) is 0 Å². The maximum atomic E-state index is 13.9. The monoisotopic (exact) mass is 553 g/mol. The van der Waals surface area contributed by atoms with Gasteiger partial charge in [0.25, 0.3) is 5.56 Å². The van der Waals surface area contributed by atoms with Crippen LogP contribution in [0.1, 0.15) is 46.9 Å². The molecule has 0 amide bonds. The van der Waals surface area contributed by atoms with Crippen LogP contribution in [0.4, 0.5) is 5.82 Å². The molecule has 2 heterocycles. The summed E-state index contributed by atoms with van der Waals surface area (Å²) in [6.45, 7) is 0.350. The van der Waals surface area contributed by atoms with Crippen LogP contribution in [0, 0.1) is 0 Å². The molecule has 9 nitrogen and oxygen atoms in total. The minimum Gasteiger partial charge on any atom is -0.493 e. The Morgan fingerprint density at radius 2 is 1.44 bits per heavy atom. The summed E-state index contributed by atoms with van der Waals surface area (Å²) in [4.78, 5) is 26.9. The third-order valence-electron chi connectivity index (χ3n) is 7.81. The van der Waals surface area contributed by atoms with Gasteiger partial charge in [-0.1, -0.05) is 42.5 Å². The van der Waals surface area contributed by atoms with Crippen LogP contribution in [0.15, 0.2) is 82.8 Å². The number of H-pyrrole nitrogens is 2. The number of hydrogen-bond acceptors (Lipinski definition) is 7. The van der Waals surface area contributed by atoms with Crippen LogP contribution in [0.5, 0.6) is 23.0 Å². The molecule has 1 aliphatic heterocycles. The molecule has 1 aromatic heterocycles. The molecule has 1 aliphatic carbocycles. The van der Waals surface area contributed by atoms with Crippen molar-refractivity contribution in [3.63, 3.8) is 0 Å². The zero-order valence-electron chi connectivity index (χ0n) is 23.1. The van der Waals surface area contributed by atoms with E-state index in [0.29, 0.717) is 59.4 Å². The van der Waals surface area contributed by atoms with E-state index in [1.165, 1.54) is 0 Å². The first-order valence-corrected chi connectivity index (χ1v) is 13.4. The SMILES string of the molecule is COc1ccc([C@@H]2CC(=O)C3=C(C2)Nc2[nH][nH]c(=O)c2[C@H]3c2ccc(OC)c(OCc3ccccc3)c2)cc1OC. The molecule has 2 atom stereocenters. The van der Waals surface area contributed by atoms with E-state index in [9.17, 15) is 9.59 Å². The van der Waals surface area contributed by atoms with Gasteiger partial charge in [0, 0.05) is 23.6 Å². The average Bonchev–Trinajstić information content (AvgIpc) is 3.38. The lowest BCUT2D eigenvalue weighted by atomic mass is 9.72. The molecule has 41 heavy (non-hydrogen) atoms. The molecule has 0 fully saturated rings. The van der Waals surface area contributed by atoms with Crippen LogP contribution in [0.2, 0.25) is 0 Å². The maximum Gasteiger partial charge on any atom is 0.270 e. The number of anilines is 1. The van der Waals surface area contributed by atoms with Gasteiger partial charge in [-0.15, -0.1) is 0 Å². The normalized spacial score (nSPS) is 17.8. The summed E-state index contributed by atoms with van der Waals surface area (Å²) in [6.07, 6.45) is 0.894. The number of Topliss-reactive ketones (excluding diaryl/α,β-unsaturated/α-hetero) is 1. The van der Waals surface area contributed by atoms with Crippen LogP contribution < -0.4 is 29.8 Å². The molecule has 210 valence electrons. The largest absolute Gasteiger partial charge is 0.493 e. The first kappa shape index (κ1) is 26.3. The minimum absolute atomic E-state index is 0.0163. The van der Waals surface area contributed by atoms with Gasteiger partial charge in [0.15, 0.2) is 28.8 Å². The zero-order valence-corrected chi connectivity index (χ0v) is 23.1. The minimum atomic E-state index is -0.569. The lowest BCUT2D eigenvalue weighted by Crippen LogP contribution is -2.31. The molecule has 4 aromatic rings. The quantitative estimate of drug-likeness (QED) is 0.272. The van der Waals surface area contributed by atoms with Gasteiger partial charge in [0.05, 0.1) is 26.9 Å². The Balaban J connectivity index is 1.39. The Bertz CT molecular complexity index is 1690. The fourth-order valence-corrected chi connectivity index (χ4v) is 5.82. The maximum absolute atomic E-state index is 13.9. The topological polar surface area (TPSA) is 115 Å². The molecule has 2 aliphatic rings. The highest BCUT2D eigenvalue weighted by molar-refractivity contribution is 6.01. The summed E-state index contributed by atoms with van der Waals surface area (Å²) in [5, 5.41) is 8.99. The molecule has 0 radical (unpaired) electrons. The highest BCUT2D eigenvalue weighted by Crippen LogP contribution is 2.48. The molecule has 9 heteroatoms. The number of hydrogen-bond donors (Lipinski definition) is 3. The van der Waals surface area contributed by atoms with E-state index >= 15 is 0 Å². The highest BCUT2D eigenvalue weighted by atomic mass is 16.5. The highest BCUT2D eigenvalue weighted by Gasteiger charge is 2.41. The lowest BCUT2D eigenvalue weighted by molar-refractivity contribution is -0.116. The van der Waals surface area contributed by atoms with Crippen molar-refractivity contribution in [2.45, 2.75) is 31.3 Å². The van der Waals surface area contributed by atoms with Crippen molar-refractivity contribution >= 4 is 11.6 Å². The van der Waals surface area contributed by atoms with Crippen LogP contribution >= 0.6 is 0 Å². The first-order chi connectivity index (χ1) is 20.0. The molecule has 0 saturated heterocycles. The summed E-state index contributed by atoms with van der Waals surface area (Å²) in [7, 11) is 4.78. The van der Waals surface area contributed by atoms with Gasteiger partial charge < -0.3 is 24.3 Å². The van der Waals surface area contributed by atoms with Crippen LogP contribution in [0.25, 0.3) is 0 Å². The van der Waals surface area contributed by atoms with Crippen LogP contribution in [-0.2, 0) is 11.4 Å². The standard InChI is InChI=1S/C32H31N3O6/c1-38-24-11-9-19(15-26(24)40-3)21-13-22-29(23(36)14-21)28(30-31(33-22)34-35-32(30)37)20-10-12-25(39-2)27(16-20)41-17-18-7-5-4-6-8-18/h4-12,15-16,21,28H,13-14,17H2,1-3H3,(H3,33,34,35,37)/t21-,28-/m0/s1. The number of ether oxygens (including phenoxy) is 4. The van der Waals surface area contributed by atoms with E-state index < -0.39 is 5.92 Å². The van der Waals surface area contributed by atoms with E-state index in [2.05, 4.69) is 15.5 Å². The molecule has 6 rings (SSSR count). The Kier molecular flexibility index (Phi) is 7.01. The Hall–Kier alpha value is -4.92. The van der Waals surface area contributed by atoms with Crippen molar-refractivity contribution in [2.75, 3.05) is 26.6 Å². The molecule has 0 spiro atoms. The number of ketones is 1. The van der Waals surface area contributed by atoms with Crippen molar-refractivity contribution in [1.82, 2.24) is 10.2 Å². The number of aromatic nitrogens is 2. The summed E-state index contributed by atoms with van der Waals surface area (Å²) < 4.78 is 22.6. The third-order valence-corrected chi connectivity index (χ3v) is 7.81. The van der Waals surface area contributed by atoms with Crippen molar-refractivity contribution in [2.24, 2.45) is 0 Å². The summed E-state index contributed by atoms with van der Waals surface area (Å²) in [5.74, 6) is 2.26. The summed E-state index contributed by atoms with van der Waals surface area (Å²) in [5.41, 5.74) is 4.35. The number of aromatic amines is 2. The van der Waals surface area contributed by atoms with Crippen molar-refractivity contribution < 1.29 is 23.7 Å². The molecular formula is C32H31N3O6. The van der Waals surface area contributed by atoms with E-state index in [-0.39, 0.29) is 17.3 Å². The van der Waals surface area contributed by atoms with Crippen LogP contribution in [0.3, 0.4) is 0 Å². The predicted octanol–water partition coefficient (Wildman–Crippen LogP) is 5.27. The number of methoxy groups -OCH3 is 3. The first-order valence-electron chi connectivity index (χ1n) is 13.4. The second kappa shape index (κ2) is 10.9. The van der Waals surface area contributed by atoms with Gasteiger partial charge in [-0.3, -0.25) is 19.8 Å². The number of carbonyl (C=O) groups excluding carboxylic acids is 1. The summed E-state index contributed by atoms with van der Waals surface area (Å²) >= 11 is 0. The van der Waals surface area contributed by atoms with Gasteiger partial charge in [0.2, 0.25) is 0 Å². The second-order valence-corrected chi connectivity index (χ2v) is 10.1. The van der Waals surface area contributed by atoms with E-state index in [1.807, 2.05) is 66.7 Å². The molecular weight excluding hydrogens is 522 g/mol. The van der Waals surface area contributed by atoms with E-state index in [0.717, 1.165) is 22.4 Å². The lowest BCUT2D eigenvalue weighted by Gasteiger charge is -2.34. The van der Waals surface area contributed by atoms with Gasteiger partial charge in [-0.2, -0.15) is 0 Å². The number of allylic oxidation sites excluding steroid dienone is 2. The fourth-order valence-electron chi connectivity index (χ4n) is 5.82. The number of benzene rings is 3. The van der Waals surface area contributed by atoms with Crippen LogP contribution in [-0.4, -0.2) is 37.3 Å². The van der Waals surface area contributed by atoms with Crippen molar-refractivity contribution in [1.29, 1.82) is 0 Å². The zero-order chi connectivity index (χ0) is 28.5. The van der Waals surface area contributed by atoms with E-state index in [4.69, 9.17) is 18.9 Å². The van der Waals surface area contributed by atoms with Gasteiger partial charge in [-0.05, 0) is 53.3 Å². The number of fused-ring (bicyclic) bond motifs is 1. The Morgan fingerprint density at radius 3 is 2.17 bits per heavy atom. The summed E-state index contributed by atoms with van der Waals surface area (Å²) in [6, 6.07) is 21.2.